The molecule has 0 saturated heterocycles. The molecule has 0 spiro atoms. The predicted molar refractivity (Wildman–Crippen MR) is 53.6 cm³/mol. The van der Waals surface area contributed by atoms with E-state index in [1.807, 2.05) is 0 Å². The Bertz CT molecular complexity index is 510. The minimum atomic E-state index is -4.40. The van der Waals surface area contributed by atoms with Crippen LogP contribution < -0.4 is 0 Å². The Morgan fingerprint density at radius 1 is 1.06 bits per heavy atom. The zero-order valence-electron chi connectivity index (χ0n) is 8.49. The van der Waals surface area contributed by atoms with Crippen molar-refractivity contribution >= 4 is 5.78 Å². The lowest BCUT2D eigenvalue weighted by Crippen LogP contribution is -2.06. The topological polar surface area (TPSA) is 30.2 Å². The van der Waals surface area contributed by atoms with E-state index in [0.717, 1.165) is 24.3 Å². The van der Waals surface area contributed by atoms with Gasteiger partial charge in [-0.1, -0.05) is 12.1 Å². The molecule has 0 N–H and O–H groups in total. The van der Waals surface area contributed by atoms with Crippen LogP contribution in [0.3, 0.4) is 0 Å². The quantitative estimate of drug-likeness (QED) is 0.751. The summed E-state index contributed by atoms with van der Waals surface area (Å²) in [5, 5.41) is 0. The van der Waals surface area contributed by atoms with Gasteiger partial charge in [-0.25, -0.2) is 0 Å². The first-order valence-corrected chi connectivity index (χ1v) is 4.74. The van der Waals surface area contributed by atoms with Gasteiger partial charge < -0.3 is 4.42 Å². The van der Waals surface area contributed by atoms with Crippen molar-refractivity contribution in [1.29, 1.82) is 0 Å². The maximum Gasteiger partial charge on any atom is 0.416 e. The Hall–Kier alpha value is -2.04. The molecule has 0 bridgehead atoms. The summed E-state index contributed by atoms with van der Waals surface area (Å²) in [5.74, 6) is -0.339. The molecular weight excluding hydrogens is 233 g/mol. The molecule has 0 aliphatic carbocycles. The van der Waals surface area contributed by atoms with Gasteiger partial charge in [-0.2, -0.15) is 13.2 Å². The van der Waals surface area contributed by atoms with E-state index in [2.05, 4.69) is 0 Å². The SMILES string of the molecule is O=C(c1ccc(C(F)(F)F)cc1)c1ccco1. The molecule has 0 fully saturated rings. The fourth-order valence-electron chi connectivity index (χ4n) is 1.36. The van der Waals surface area contributed by atoms with Crippen molar-refractivity contribution < 1.29 is 22.4 Å². The van der Waals surface area contributed by atoms with Crippen LogP contribution in [0.5, 0.6) is 0 Å². The number of alkyl halides is 3. The number of ketones is 1. The number of furan rings is 1. The first-order valence-electron chi connectivity index (χ1n) is 4.74. The van der Waals surface area contributed by atoms with Crippen LogP contribution in [0, 0.1) is 0 Å². The van der Waals surface area contributed by atoms with E-state index < -0.39 is 17.5 Å². The highest BCUT2D eigenvalue weighted by Crippen LogP contribution is 2.29. The van der Waals surface area contributed by atoms with Crippen LogP contribution in [0.2, 0.25) is 0 Å². The zero-order valence-corrected chi connectivity index (χ0v) is 8.49. The number of hydrogen-bond acceptors (Lipinski definition) is 2. The zero-order chi connectivity index (χ0) is 12.5. The normalized spacial score (nSPS) is 11.5. The maximum atomic E-state index is 12.3. The summed E-state index contributed by atoms with van der Waals surface area (Å²) >= 11 is 0. The monoisotopic (exact) mass is 240 g/mol. The van der Waals surface area contributed by atoms with Crippen LogP contribution in [-0.4, -0.2) is 5.78 Å². The lowest BCUT2D eigenvalue weighted by Gasteiger charge is -2.06. The predicted octanol–water partition coefficient (Wildman–Crippen LogP) is 3.53. The number of benzene rings is 1. The van der Waals surface area contributed by atoms with Gasteiger partial charge in [-0.3, -0.25) is 4.79 Å². The molecule has 0 saturated carbocycles. The first kappa shape index (κ1) is 11.4. The Morgan fingerprint density at radius 3 is 2.18 bits per heavy atom. The molecule has 0 unspecified atom stereocenters. The average molecular weight is 240 g/mol. The standard InChI is InChI=1S/C12H7F3O2/c13-12(14,15)9-5-3-8(4-6-9)11(16)10-2-1-7-17-10/h1-7H. The number of rotatable bonds is 2. The Balaban J connectivity index is 2.28. The van der Waals surface area contributed by atoms with Crippen LogP contribution >= 0.6 is 0 Å². The second-order valence-corrected chi connectivity index (χ2v) is 3.38. The number of halogens is 3. The molecule has 2 aromatic rings. The fourth-order valence-corrected chi connectivity index (χ4v) is 1.36. The van der Waals surface area contributed by atoms with Crippen LogP contribution in [0.1, 0.15) is 21.7 Å². The molecule has 1 aromatic carbocycles. The van der Waals surface area contributed by atoms with E-state index in [1.54, 1.807) is 0 Å². The summed E-state index contributed by atoms with van der Waals surface area (Å²) in [5.41, 5.74) is -0.624. The summed E-state index contributed by atoms with van der Waals surface area (Å²) in [6.45, 7) is 0. The molecule has 0 amide bonds. The third-order valence-electron chi connectivity index (χ3n) is 2.22. The lowest BCUT2D eigenvalue weighted by atomic mass is 10.1. The van der Waals surface area contributed by atoms with Crippen molar-refractivity contribution in [2.24, 2.45) is 0 Å². The highest BCUT2D eigenvalue weighted by molar-refractivity contribution is 6.07. The second-order valence-electron chi connectivity index (χ2n) is 3.38. The molecule has 1 heterocycles. The number of hydrogen-bond donors (Lipinski definition) is 0. The summed E-state index contributed by atoms with van der Waals surface area (Å²) in [4.78, 5) is 11.7. The molecule has 0 aliphatic rings. The van der Waals surface area contributed by atoms with Crippen LogP contribution in [0.15, 0.2) is 47.1 Å². The Kier molecular flexibility index (Phi) is 2.75. The summed E-state index contributed by atoms with van der Waals surface area (Å²) in [6.07, 6.45) is -3.07. The highest BCUT2D eigenvalue weighted by atomic mass is 19.4. The van der Waals surface area contributed by atoms with E-state index >= 15 is 0 Å². The first-order chi connectivity index (χ1) is 7.98. The van der Waals surface area contributed by atoms with E-state index in [4.69, 9.17) is 4.42 Å². The molecule has 2 rings (SSSR count). The van der Waals surface area contributed by atoms with Gasteiger partial charge in [0.2, 0.25) is 5.78 Å². The van der Waals surface area contributed by atoms with Gasteiger partial charge in [0.25, 0.3) is 0 Å². The van der Waals surface area contributed by atoms with E-state index in [1.165, 1.54) is 18.4 Å². The second kappa shape index (κ2) is 4.08. The summed E-state index contributed by atoms with van der Waals surface area (Å²) < 4.78 is 41.7. The van der Waals surface area contributed by atoms with Gasteiger partial charge in [-0.05, 0) is 24.3 Å². The number of carbonyl (C=O) groups is 1. The average Bonchev–Trinajstić information content (AvgIpc) is 2.80. The van der Waals surface area contributed by atoms with Crippen molar-refractivity contribution in [3.63, 3.8) is 0 Å². The molecule has 0 atom stereocenters. The van der Waals surface area contributed by atoms with Gasteiger partial charge in [-0.15, -0.1) is 0 Å². The number of carbonyl (C=O) groups excluding carboxylic acids is 1. The minimum Gasteiger partial charge on any atom is -0.461 e. The maximum absolute atomic E-state index is 12.3. The van der Waals surface area contributed by atoms with Gasteiger partial charge in [0, 0.05) is 5.56 Å². The largest absolute Gasteiger partial charge is 0.461 e. The fraction of sp³-hybridized carbons (Fsp3) is 0.0833. The summed E-state index contributed by atoms with van der Waals surface area (Å²) in [6, 6.07) is 7.00. The molecule has 0 aliphatic heterocycles. The molecule has 5 heteroatoms. The van der Waals surface area contributed by atoms with Crippen molar-refractivity contribution in [2.75, 3.05) is 0 Å². The molecule has 2 nitrogen and oxygen atoms in total. The highest BCUT2D eigenvalue weighted by Gasteiger charge is 2.30. The van der Waals surface area contributed by atoms with Crippen molar-refractivity contribution in [2.45, 2.75) is 6.18 Å². The Morgan fingerprint density at radius 2 is 1.71 bits per heavy atom. The van der Waals surface area contributed by atoms with Crippen molar-refractivity contribution in [3.05, 3.63) is 59.5 Å². The molecular formula is C12H7F3O2. The molecule has 1 aromatic heterocycles. The van der Waals surface area contributed by atoms with E-state index in [9.17, 15) is 18.0 Å². The third kappa shape index (κ3) is 2.38. The third-order valence-corrected chi connectivity index (χ3v) is 2.22. The van der Waals surface area contributed by atoms with E-state index in [-0.39, 0.29) is 11.3 Å². The lowest BCUT2D eigenvalue weighted by molar-refractivity contribution is -0.137. The van der Waals surface area contributed by atoms with Gasteiger partial charge >= 0.3 is 6.18 Å². The van der Waals surface area contributed by atoms with Gasteiger partial charge in [0.1, 0.15) is 0 Å². The van der Waals surface area contributed by atoms with Crippen LogP contribution in [-0.2, 0) is 6.18 Å². The van der Waals surface area contributed by atoms with Gasteiger partial charge in [0.15, 0.2) is 5.76 Å². The van der Waals surface area contributed by atoms with E-state index in [0.29, 0.717) is 0 Å². The van der Waals surface area contributed by atoms with Crippen molar-refractivity contribution in [3.8, 4) is 0 Å². The molecule has 88 valence electrons. The Labute approximate surface area is 94.7 Å². The van der Waals surface area contributed by atoms with Crippen molar-refractivity contribution in [1.82, 2.24) is 0 Å². The molecule has 0 radical (unpaired) electrons. The van der Waals surface area contributed by atoms with Crippen LogP contribution in [0.4, 0.5) is 13.2 Å². The minimum absolute atomic E-state index is 0.102. The molecule has 17 heavy (non-hydrogen) atoms. The van der Waals surface area contributed by atoms with Gasteiger partial charge in [0.05, 0.1) is 11.8 Å². The summed E-state index contributed by atoms with van der Waals surface area (Å²) in [7, 11) is 0. The van der Waals surface area contributed by atoms with Crippen LogP contribution in [0.25, 0.3) is 0 Å². The smallest absolute Gasteiger partial charge is 0.416 e.